The number of rotatable bonds is 2. The van der Waals surface area contributed by atoms with Gasteiger partial charge in [-0.05, 0) is 37.8 Å². The molecule has 0 aliphatic carbocycles. The maximum absolute atomic E-state index is 13.0. The molecule has 0 saturated carbocycles. The maximum Gasteiger partial charge on any atom is 0.242 e. The molecule has 0 spiro atoms. The average Bonchev–Trinajstić information content (AvgIpc) is 3.11. The monoisotopic (exact) mass is 393 g/mol. The van der Waals surface area contributed by atoms with Gasteiger partial charge in [-0.1, -0.05) is 18.2 Å². The van der Waals surface area contributed by atoms with Crippen molar-refractivity contribution in [3.63, 3.8) is 0 Å². The van der Waals surface area contributed by atoms with E-state index in [0.29, 0.717) is 26.2 Å². The van der Waals surface area contributed by atoms with Crippen molar-refractivity contribution in [3.05, 3.63) is 29.8 Å². The van der Waals surface area contributed by atoms with Gasteiger partial charge in [-0.25, -0.2) is 0 Å². The van der Waals surface area contributed by atoms with Gasteiger partial charge in [0.05, 0.1) is 12.7 Å². The molecule has 3 heterocycles. The molecule has 2 saturated heterocycles. The molecule has 27 heavy (non-hydrogen) atoms. The van der Waals surface area contributed by atoms with Gasteiger partial charge >= 0.3 is 0 Å². The highest BCUT2D eigenvalue weighted by Gasteiger charge is 2.36. The summed E-state index contributed by atoms with van der Waals surface area (Å²) in [5.74, 6) is 0.336. The first-order valence-corrected chi connectivity index (χ1v) is 9.68. The summed E-state index contributed by atoms with van der Waals surface area (Å²) >= 11 is 0. The Hall–Kier alpha value is -1.63. The Labute approximate surface area is 166 Å². The molecule has 4 rings (SSSR count). The quantitative estimate of drug-likeness (QED) is 0.829. The van der Waals surface area contributed by atoms with Crippen LogP contribution in [0.1, 0.15) is 25.3 Å². The van der Waals surface area contributed by atoms with E-state index in [0.717, 1.165) is 31.5 Å². The number of nitrogens with one attached hydrogen (secondary N) is 1. The zero-order chi connectivity index (χ0) is 18.1. The van der Waals surface area contributed by atoms with Gasteiger partial charge in [0.15, 0.2) is 0 Å². The number of likely N-dealkylation sites (tertiary alicyclic amines) is 1. The number of para-hydroxylation sites is 1. The Morgan fingerprint density at radius 2 is 1.85 bits per heavy atom. The molecule has 3 aliphatic heterocycles. The van der Waals surface area contributed by atoms with Crippen molar-refractivity contribution in [2.45, 2.75) is 38.3 Å². The van der Waals surface area contributed by atoms with Crippen LogP contribution >= 0.6 is 12.4 Å². The largest absolute Gasteiger partial charge is 0.375 e. The minimum absolute atomic E-state index is 0. The van der Waals surface area contributed by atoms with Crippen LogP contribution < -0.4 is 10.2 Å². The molecule has 0 radical (unpaired) electrons. The lowest BCUT2D eigenvalue weighted by Crippen LogP contribution is -2.57. The number of benzene rings is 1. The lowest BCUT2D eigenvalue weighted by Gasteiger charge is -2.37. The zero-order valence-electron chi connectivity index (χ0n) is 15.7. The van der Waals surface area contributed by atoms with Crippen LogP contribution in [0.2, 0.25) is 0 Å². The number of ether oxygens (including phenoxy) is 1. The van der Waals surface area contributed by atoms with E-state index in [2.05, 4.69) is 11.4 Å². The van der Waals surface area contributed by atoms with Crippen molar-refractivity contribution >= 4 is 29.9 Å². The first kappa shape index (κ1) is 20.1. The SMILES string of the molecule is C[C@H]1OCCN[C@@H]1C(=O)N1CCC(C(=O)N2CCc3ccccc32)CC1.Cl. The summed E-state index contributed by atoms with van der Waals surface area (Å²) < 4.78 is 5.59. The molecule has 1 aromatic carbocycles. The highest BCUT2D eigenvalue weighted by molar-refractivity contribution is 5.97. The van der Waals surface area contributed by atoms with E-state index in [1.165, 1.54) is 5.56 Å². The summed E-state index contributed by atoms with van der Waals surface area (Å²) in [6.07, 6.45) is 2.32. The van der Waals surface area contributed by atoms with Crippen molar-refractivity contribution in [1.29, 1.82) is 0 Å². The van der Waals surface area contributed by atoms with Gasteiger partial charge in [-0.2, -0.15) is 0 Å². The molecule has 2 amide bonds. The molecule has 0 aromatic heterocycles. The van der Waals surface area contributed by atoms with Crippen LogP contribution in [0.5, 0.6) is 0 Å². The van der Waals surface area contributed by atoms with Crippen LogP contribution in [0.25, 0.3) is 0 Å². The molecule has 6 nitrogen and oxygen atoms in total. The summed E-state index contributed by atoms with van der Waals surface area (Å²) in [5, 5.41) is 3.26. The Morgan fingerprint density at radius 1 is 1.11 bits per heavy atom. The smallest absolute Gasteiger partial charge is 0.242 e. The van der Waals surface area contributed by atoms with Crippen LogP contribution in [0.15, 0.2) is 24.3 Å². The van der Waals surface area contributed by atoms with Crippen LogP contribution in [0.4, 0.5) is 5.69 Å². The van der Waals surface area contributed by atoms with Crippen molar-refractivity contribution < 1.29 is 14.3 Å². The third-order valence-electron chi connectivity index (χ3n) is 5.89. The van der Waals surface area contributed by atoms with E-state index < -0.39 is 0 Å². The molecule has 7 heteroatoms. The van der Waals surface area contributed by atoms with Gasteiger partial charge in [0, 0.05) is 37.8 Å². The average molecular weight is 394 g/mol. The van der Waals surface area contributed by atoms with E-state index in [1.54, 1.807) is 0 Å². The summed E-state index contributed by atoms with van der Waals surface area (Å²) in [4.78, 5) is 29.6. The Bertz CT molecular complexity index is 691. The Morgan fingerprint density at radius 3 is 2.59 bits per heavy atom. The number of anilines is 1. The molecule has 0 unspecified atom stereocenters. The lowest BCUT2D eigenvalue weighted by atomic mass is 9.94. The Kier molecular flexibility index (Phi) is 6.40. The fraction of sp³-hybridized carbons (Fsp3) is 0.600. The zero-order valence-corrected chi connectivity index (χ0v) is 16.5. The van der Waals surface area contributed by atoms with Gasteiger partial charge in [0.2, 0.25) is 11.8 Å². The van der Waals surface area contributed by atoms with Gasteiger partial charge in [0.25, 0.3) is 0 Å². The predicted molar refractivity (Wildman–Crippen MR) is 106 cm³/mol. The molecule has 3 aliphatic rings. The predicted octanol–water partition coefficient (Wildman–Crippen LogP) is 1.61. The van der Waals surface area contributed by atoms with Gasteiger partial charge < -0.3 is 19.9 Å². The van der Waals surface area contributed by atoms with Crippen LogP contribution in [0.3, 0.4) is 0 Å². The highest BCUT2D eigenvalue weighted by Crippen LogP contribution is 2.31. The molecular formula is C20H28ClN3O3. The number of amides is 2. The van der Waals surface area contributed by atoms with E-state index >= 15 is 0 Å². The van der Waals surface area contributed by atoms with Crippen molar-refractivity contribution in [1.82, 2.24) is 10.2 Å². The van der Waals surface area contributed by atoms with Crippen LogP contribution in [-0.4, -0.2) is 61.6 Å². The fourth-order valence-corrected chi connectivity index (χ4v) is 4.34. The summed E-state index contributed by atoms with van der Waals surface area (Å²) in [6, 6.07) is 7.90. The molecular weight excluding hydrogens is 366 g/mol. The summed E-state index contributed by atoms with van der Waals surface area (Å²) in [7, 11) is 0. The first-order valence-electron chi connectivity index (χ1n) is 9.68. The number of hydrogen-bond donors (Lipinski definition) is 1. The standard InChI is InChI=1S/C20H27N3O3.ClH/c1-14-18(21-9-13-26-14)20(25)22-10-6-16(7-11-22)19(24)23-12-8-15-4-2-3-5-17(15)23;/h2-5,14,16,18,21H,6-13H2,1H3;1H/t14-,18+;/m1./s1. The fourth-order valence-electron chi connectivity index (χ4n) is 4.34. The molecule has 1 aromatic rings. The van der Waals surface area contributed by atoms with Crippen LogP contribution in [-0.2, 0) is 20.7 Å². The second-order valence-corrected chi connectivity index (χ2v) is 7.48. The number of nitrogens with zero attached hydrogens (tertiary/aromatic N) is 2. The third kappa shape index (κ3) is 3.98. The normalized spacial score (nSPS) is 25.7. The van der Waals surface area contributed by atoms with E-state index in [-0.39, 0.29) is 42.3 Å². The number of piperidine rings is 1. The van der Waals surface area contributed by atoms with E-state index in [4.69, 9.17) is 4.74 Å². The number of carbonyl (C=O) groups is 2. The van der Waals surface area contributed by atoms with Crippen molar-refractivity contribution in [2.24, 2.45) is 5.92 Å². The number of hydrogen-bond acceptors (Lipinski definition) is 4. The molecule has 2 atom stereocenters. The Balaban J connectivity index is 0.00000210. The van der Waals surface area contributed by atoms with Gasteiger partial charge in [-0.3, -0.25) is 9.59 Å². The first-order chi connectivity index (χ1) is 12.6. The second kappa shape index (κ2) is 8.59. The second-order valence-electron chi connectivity index (χ2n) is 7.48. The number of carbonyl (C=O) groups excluding carboxylic acids is 2. The van der Waals surface area contributed by atoms with Crippen molar-refractivity contribution in [2.75, 3.05) is 37.7 Å². The highest BCUT2D eigenvalue weighted by atomic mass is 35.5. The lowest BCUT2D eigenvalue weighted by molar-refractivity contribution is -0.142. The van der Waals surface area contributed by atoms with Crippen LogP contribution in [0, 0.1) is 5.92 Å². The number of morpholine rings is 1. The number of fused-ring (bicyclic) bond motifs is 1. The topological polar surface area (TPSA) is 61.9 Å². The minimum atomic E-state index is -0.263. The third-order valence-corrected chi connectivity index (χ3v) is 5.89. The summed E-state index contributed by atoms with van der Waals surface area (Å²) in [6.45, 7) is 5.38. The van der Waals surface area contributed by atoms with E-state index in [1.807, 2.05) is 34.9 Å². The van der Waals surface area contributed by atoms with Gasteiger partial charge in [-0.15, -0.1) is 12.4 Å². The molecule has 2 fully saturated rings. The minimum Gasteiger partial charge on any atom is -0.375 e. The molecule has 1 N–H and O–H groups in total. The van der Waals surface area contributed by atoms with E-state index in [9.17, 15) is 9.59 Å². The maximum atomic E-state index is 13.0. The van der Waals surface area contributed by atoms with Crippen molar-refractivity contribution in [3.8, 4) is 0 Å². The number of halogens is 1. The molecule has 148 valence electrons. The summed E-state index contributed by atoms with van der Waals surface area (Å²) in [5.41, 5.74) is 2.32. The van der Waals surface area contributed by atoms with Gasteiger partial charge in [0.1, 0.15) is 6.04 Å². The molecule has 0 bridgehead atoms.